The number of halogens is 1. The summed E-state index contributed by atoms with van der Waals surface area (Å²) < 4.78 is 1.67. The molecule has 0 bridgehead atoms. The number of nitro benzene ring substituents is 1. The third-order valence-electron chi connectivity index (χ3n) is 4.98. The van der Waals surface area contributed by atoms with Crippen LogP contribution in [-0.4, -0.2) is 44.5 Å². The topological polar surface area (TPSA) is 115 Å². The van der Waals surface area contributed by atoms with Crippen LogP contribution in [0.25, 0.3) is 17.0 Å². The van der Waals surface area contributed by atoms with E-state index in [1.54, 1.807) is 53.2 Å². The molecular formula is C22H17ClN4O5S. The highest BCUT2D eigenvalue weighted by molar-refractivity contribution is 8.18. The molecule has 2 heterocycles. The Balaban J connectivity index is 1.32. The smallest absolute Gasteiger partial charge is 0.293 e. The number of hydrogen-bond donors (Lipinski definition) is 1. The van der Waals surface area contributed by atoms with Crippen LogP contribution in [-0.2, 0) is 16.1 Å². The molecule has 1 aromatic heterocycles. The number of amides is 3. The van der Waals surface area contributed by atoms with E-state index in [2.05, 4.69) is 5.32 Å². The highest BCUT2D eigenvalue weighted by Crippen LogP contribution is 2.32. The van der Waals surface area contributed by atoms with Gasteiger partial charge in [0, 0.05) is 47.3 Å². The normalized spacial score (nSPS) is 14.9. The van der Waals surface area contributed by atoms with Crippen molar-refractivity contribution in [2.45, 2.75) is 6.54 Å². The van der Waals surface area contributed by atoms with Gasteiger partial charge in [-0.15, -0.1) is 0 Å². The number of nitro groups is 1. The van der Waals surface area contributed by atoms with E-state index in [1.165, 1.54) is 12.1 Å². The fourth-order valence-corrected chi connectivity index (χ4v) is 4.35. The molecule has 3 aromatic rings. The fraction of sp³-hybridized carbons (Fsp3) is 0.136. The summed E-state index contributed by atoms with van der Waals surface area (Å²) in [5, 5.41) is 14.4. The van der Waals surface area contributed by atoms with Crippen LogP contribution in [0.3, 0.4) is 0 Å². The highest BCUT2D eigenvalue weighted by Gasteiger charge is 2.34. The van der Waals surface area contributed by atoms with Gasteiger partial charge in [-0.25, -0.2) is 0 Å². The number of imide groups is 1. The van der Waals surface area contributed by atoms with E-state index >= 15 is 0 Å². The van der Waals surface area contributed by atoms with Crippen molar-refractivity contribution in [3.63, 3.8) is 0 Å². The van der Waals surface area contributed by atoms with Gasteiger partial charge in [0.15, 0.2) is 0 Å². The van der Waals surface area contributed by atoms with Crippen LogP contribution < -0.4 is 5.32 Å². The van der Waals surface area contributed by atoms with Crippen molar-refractivity contribution in [2.24, 2.45) is 0 Å². The molecule has 1 N–H and O–H groups in total. The Morgan fingerprint density at radius 1 is 1.15 bits per heavy atom. The van der Waals surface area contributed by atoms with E-state index < -0.39 is 16.1 Å². The Hall–Kier alpha value is -3.63. The summed E-state index contributed by atoms with van der Waals surface area (Å²) in [7, 11) is 0. The lowest BCUT2D eigenvalue weighted by atomic mass is 10.2. The number of benzene rings is 2. The lowest BCUT2D eigenvalue weighted by molar-refractivity contribution is -0.384. The average Bonchev–Trinajstić information content (AvgIpc) is 3.30. The van der Waals surface area contributed by atoms with E-state index in [0.29, 0.717) is 20.8 Å². The summed E-state index contributed by atoms with van der Waals surface area (Å²) in [6, 6.07) is 13.0. The summed E-state index contributed by atoms with van der Waals surface area (Å²) in [5.74, 6) is -0.721. The molecule has 2 aromatic carbocycles. The number of carbonyl (C=O) groups excluding carboxylic acids is 3. The molecule has 0 atom stereocenters. The van der Waals surface area contributed by atoms with Crippen molar-refractivity contribution in [1.82, 2.24) is 14.8 Å². The van der Waals surface area contributed by atoms with Gasteiger partial charge in [-0.2, -0.15) is 0 Å². The van der Waals surface area contributed by atoms with Crippen LogP contribution in [0, 0.1) is 10.1 Å². The van der Waals surface area contributed by atoms with Crippen molar-refractivity contribution in [2.75, 3.05) is 13.1 Å². The molecule has 1 fully saturated rings. The van der Waals surface area contributed by atoms with Crippen molar-refractivity contribution in [3.8, 4) is 0 Å². The maximum Gasteiger partial charge on any atom is 0.293 e. The number of thioether (sulfide) groups is 1. The van der Waals surface area contributed by atoms with E-state index in [9.17, 15) is 24.5 Å². The summed E-state index contributed by atoms with van der Waals surface area (Å²) in [6.07, 6.45) is 3.30. The number of nitrogens with zero attached hydrogens (tertiary/aromatic N) is 3. The molecule has 3 amide bonds. The first-order valence-electron chi connectivity index (χ1n) is 9.83. The molecule has 0 aliphatic carbocycles. The van der Waals surface area contributed by atoms with Gasteiger partial charge in [-0.1, -0.05) is 23.7 Å². The van der Waals surface area contributed by atoms with Gasteiger partial charge in [0.05, 0.1) is 9.83 Å². The molecule has 168 valence electrons. The second kappa shape index (κ2) is 9.47. The fourth-order valence-electron chi connectivity index (χ4n) is 3.36. The third kappa shape index (κ3) is 5.07. The second-order valence-corrected chi connectivity index (χ2v) is 8.61. The quantitative estimate of drug-likeness (QED) is 0.307. The molecule has 11 heteroatoms. The Bertz CT molecular complexity index is 1300. The molecular weight excluding hydrogens is 468 g/mol. The van der Waals surface area contributed by atoms with Crippen LogP contribution in [0.2, 0.25) is 5.02 Å². The zero-order valence-corrected chi connectivity index (χ0v) is 18.6. The summed E-state index contributed by atoms with van der Waals surface area (Å²) in [6.45, 7) is 0.155. The molecule has 0 spiro atoms. The number of hydrogen-bond acceptors (Lipinski definition) is 6. The molecule has 1 aliphatic rings. The Morgan fingerprint density at radius 2 is 1.91 bits per heavy atom. The first-order valence-corrected chi connectivity index (χ1v) is 11.0. The molecule has 0 unspecified atom stereocenters. The van der Waals surface area contributed by atoms with Crippen LogP contribution in [0.5, 0.6) is 0 Å². The molecule has 0 saturated carbocycles. The van der Waals surface area contributed by atoms with Crippen LogP contribution in [0.15, 0.2) is 59.6 Å². The summed E-state index contributed by atoms with van der Waals surface area (Å²) in [5.41, 5.74) is 1.42. The van der Waals surface area contributed by atoms with E-state index in [4.69, 9.17) is 11.6 Å². The first kappa shape index (κ1) is 22.6. The van der Waals surface area contributed by atoms with Gasteiger partial charge in [0.25, 0.3) is 16.8 Å². The number of aromatic nitrogens is 1. The van der Waals surface area contributed by atoms with Crippen molar-refractivity contribution in [1.29, 1.82) is 0 Å². The second-order valence-electron chi connectivity index (χ2n) is 7.18. The van der Waals surface area contributed by atoms with Gasteiger partial charge in [0.1, 0.15) is 6.54 Å². The van der Waals surface area contributed by atoms with E-state index in [1.807, 2.05) is 0 Å². The lowest BCUT2D eigenvalue weighted by Crippen LogP contribution is -2.38. The van der Waals surface area contributed by atoms with E-state index in [0.717, 1.165) is 22.2 Å². The third-order valence-corrected chi connectivity index (χ3v) is 6.14. The molecule has 33 heavy (non-hydrogen) atoms. The number of carbonyl (C=O) groups is 3. The van der Waals surface area contributed by atoms with Gasteiger partial charge in [-0.3, -0.25) is 29.4 Å². The minimum atomic E-state index is -0.473. The van der Waals surface area contributed by atoms with Crippen LogP contribution in [0.1, 0.15) is 5.56 Å². The SMILES string of the molecule is O=C(Cn1ccc2cc([N+](=O)[O-])ccc21)NCCN1C(=O)S/C(=C/c2ccc(Cl)cc2)C1=O. The zero-order chi connectivity index (χ0) is 23.5. The van der Waals surface area contributed by atoms with Gasteiger partial charge >= 0.3 is 0 Å². The lowest BCUT2D eigenvalue weighted by Gasteiger charge is -2.13. The van der Waals surface area contributed by atoms with Crippen molar-refractivity contribution >= 4 is 63.1 Å². The number of nitrogens with one attached hydrogen (secondary N) is 1. The number of rotatable bonds is 7. The number of non-ortho nitro benzene ring substituents is 1. The maximum absolute atomic E-state index is 12.6. The molecule has 0 radical (unpaired) electrons. The minimum Gasteiger partial charge on any atom is -0.353 e. The first-order chi connectivity index (χ1) is 15.8. The molecule has 1 aliphatic heterocycles. The largest absolute Gasteiger partial charge is 0.353 e. The number of fused-ring (bicyclic) bond motifs is 1. The standard InChI is InChI=1S/C22H17ClN4O5S/c23-16-3-1-14(2-4-16)11-19-21(29)26(22(30)33-19)10-8-24-20(28)13-25-9-7-15-12-17(27(31)32)5-6-18(15)25/h1-7,9,11-12H,8,10,13H2,(H,24,28)/b19-11+. The van der Waals surface area contributed by atoms with Gasteiger partial charge in [-0.05, 0) is 47.7 Å². The van der Waals surface area contributed by atoms with Crippen molar-refractivity contribution in [3.05, 3.63) is 80.3 Å². The Labute approximate surface area is 197 Å². The predicted molar refractivity (Wildman–Crippen MR) is 126 cm³/mol. The van der Waals surface area contributed by atoms with Crippen LogP contribution >= 0.6 is 23.4 Å². The summed E-state index contributed by atoms with van der Waals surface area (Å²) in [4.78, 5) is 49.0. The zero-order valence-electron chi connectivity index (χ0n) is 17.1. The van der Waals surface area contributed by atoms with Crippen molar-refractivity contribution < 1.29 is 19.3 Å². The molecule has 4 rings (SSSR count). The molecule has 1 saturated heterocycles. The minimum absolute atomic E-state index is 0.000324. The monoisotopic (exact) mass is 484 g/mol. The maximum atomic E-state index is 12.6. The van der Waals surface area contributed by atoms with Crippen LogP contribution in [0.4, 0.5) is 10.5 Å². The predicted octanol–water partition coefficient (Wildman–Crippen LogP) is 4.06. The molecule has 9 nitrogen and oxygen atoms in total. The Kier molecular flexibility index (Phi) is 6.47. The van der Waals surface area contributed by atoms with Gasteiger partial charge in [0.2, 0.25) is 5.91 Å². The highest BCUT2D eigenvalue weighted by atomic mass is 35.5. The summed E-state index contributed by atoms with van der Waals surface area (Å²) >= 11 is 6.71. The Morgan fingerprint density at radius 3 is 2.64 bits per heavy atom. The van der Waals surface area contributed by atoms with E-state index in [-0.39, 0.29) is 31.2 Å². The average molecular weight is 485 g/mol. The van der Waals surface area contributed by atoms with Gasteiger partial charge < -0.3 is 9.88 Å².